The van der Waals surface area contributed by atoms with Crippen molar-refractivity contribution in [3.8, 4) is 5.75 Å². The number of hydrogen-bond acceptors (Lipinski definition) is 2. The van der Waals surface area contributed by atoms with E-state index in [-0.39, 0.29) is 11.7 Å². The summed E-state index contributed by atoms with van der Waals surface area (Å²) in [6.07, 6.45) is 2.59. The van der Waals surface area contributed by atoms with Crippen molar-refractivity contribution in [2.24, 2.45) is 0 Å². The minimum absolute atomic E-state index is 0.163. The molecule has 1 unspecified atom stereocenters. The molecule has 1 aromatic carbocycles. The van der Waals surface area contributed by atoms with Gasteiger partial charge in [0.1, 0.15) is 6.29 Å². The van der Waals surface area contributed by atoms with Gasteiger partial charge in [-0.05, 0) is 24.1 Å². The van der Waals surface area contributed by atoms with Crippen LogP contribution in [0.1, 0.15) is 31.2 Å². The van der Waals surface area contributed by atoms with Crippen LogP contribution in [0.3, 0.4) is 0 Å². The second kappa shape index (κ2) is 5.49. The average molecular weight is 210 g/mol. The summed E-state index contributed by atoms with van der Waals surface area (Å²) in [6, 6.07) is 4.55. The summed E-state index contributed by atoms with van der Waals surface area (Å²) in [6.45, 7) is 2.01. The standard InChI is InChI=1S/C12H15FO2/c1-3-4-10(8-14)9-5-6-11(13)12(7-9)15-2/h5-8,10H,3-4H2,1-2H3. The van der Waals surface area contributed by atoms with Crippen molar-refractivity contribution in [1.82, 2.24) is 0 Å². The summed E-state index contributed by atoms with van der Waals surface area (Å²) < 4.78 is 18.0. The predicted octanol–water partition coefficient (Wildman–Crippen LogP) is 2.92. The number of benzene rings is 1. The Kier molecular flexibility index (Phi) is 4.28. The lowest BCUT2D eigenvalue weighted by molar-refractivity contribution is -0.109. The van der Waals surface area contributed by atoms with Crippen molar-refractivity contribution in [3.05, 3.63) is 29.6 Å². The molecule has 0 aliphatic rings. The lowest BCUT2D eigenvalue weighted by Gasteiger charge is -2.11. The molecule has 82 valence electrons. The second-order valence-electron chi connectivity index (χ2n) is 3.43. The molecule has 0 aliphatic heterocycles. The molecule has 0 aliphatic carbocycles. The molecule has 1 rings (SSSR count). The van der Waals surface area contributed by atoms with Crippen molar-refractivity contribution >= 4 is 6.29 Å². The molecule has 0 amide bonds. The van der Waals surface area contributed by atoms with Gasteiger partial charge in [0, 0.05) is 5.92 Å². The first-order valence-electron chi connectivity index (χ1n) is 5.01. The summed E-state index contributed by atoms with van der Waals surface area (Å²) in [5.41, 5.74) is 0.810. The molecule has 1 aromatic rings. The molecule has 2 nitrogen and oxygen atoms in total. The molecule has 0 bridgehead atoms. The number of rotatable bonds is 5. The van der Waals surface area contributed by atoms with Gasteiger partial charge in [-0.1, -0.05) is 19.4 Å². The van der Waals surface area contributed by atoms with Crippen LogP contribution in [-0.2, 0) is 4.79 Å². The normalized spacial score (nSPS) is 12.2. The number of hydrogen-bond donors (Lipinski definition) is 0. The highest BCUT2D eigenvalue weighted by atomic mass is 19.1. The van der Waals surface area contributed by atoms with Gasteiger partial charge >= 0.3 is 0 Å². The Morgan fingerprint density at radius 1 is 1.53 bits per heavy atom. The third kappa shape index (κ3) is 2.78. The van der Waals surface area contributed by atoms with Gasteiger partial charge in [0.2, 0.25) is 0 Å². The van der Waals surface area contributed by atoms with Crippen molar-refractivity contribution in [2.45, 2.75) is 25.7 Å². The van der Waals surface area contributed by atoms with Gasteiger partial charge in [0.15, 0.2) is 11.6 Å². The highest BCUT2D eigenvalue weighted by molar-refractivity contribution is 5.62. The van der Waals surface area contributed by atoms with Gasteiger partial charge in [-0.3, -0.25) is 0 Å². The maximum atomic E-state index is 13.1. The fraction of sp³-hybridized carbons (Fsp3) is 0.417. The highest BCUT2D eigenvalue weighted by Crippen LogP contribution is 2.25. The average Bonchev–Trinajstić information content (AvgIpc) is 2.27. The minimum atomic E-state index is -0.401. The third-order valence-electron chi connectivity index (χ3n) is 2.37. The first-order valence-corrected chi connectivity index (χ1v) is 5.01. The fourth-order valence-electron chi connectivity index (χ4n) is 1.53. The molecule has 3 heteroatoms. The number of carbonyl (C=O) groups is 1. The SMILES string of the molecule is CCCC(C=O)c1ccc(F)c(OC)c1. The van der Waals surface area contributed by atoms with Gasteiger partial charge in [0.25, 0.3) is 0 Å². The van der Waals surface area contributed by atoms with Crippen molar-refractivity contribution in [2.75, 3.05) is 7.11 Å². The Morgan fingerprint density at radius 2 is 2.27 bits per heavy atom. The fourth-order valence-corrected chi connectivity index (χ4v) is 1.53. The molecule has 0 saturated carbocycles. The van der Waals surface area contributed by atoms with Gasteiger partial charge in [-0.15, -0.1) is 0 Å². The summed E-state index contributed by atoms with van der Waals surface area (Å²) >= 11 is 0. The van der Waals surface area contributed by atoms with Crippen LogP contribution in [0, 0.1) is 5.82 Å². The Hall–Kier alpha value is -1.38. The van der Waals surface area contributed by atoms with E-state index in [1.807, 2.05) is 6.92 Å². The number of carbonyl (C=O) groups excluding carboxylic acids is 1. The molecule has 0 spiro atoms. The minimum Gasteiger partial charge on any atom is -0.494 e. The molecular weight excluding hydrogens is 195 g/mol. The predicted molar refractivity (Wildman–Crippen MR) is 56.7 cm³/mol. The topological polar surface area (TPSA) is 26.3 Å². The zero-order valence-electron chi connectivity index (χ0n) is 9.00. The van der Waals surface area contributed by atoms with Crippen molar-refractivity contribution < 1.29 is 13.9 Å². The summed E-state index contributed by atoms with van der Waals surface area (Å²) in [5, 5.41) is 0. The molecule has 0 aromatic heterocycles. The monoisotopic (exact) mass is 210 g/mol. The van der Waals surface area contributed by atoms with Crippen LogP contribution in [0.15, 0.2) is 18.2 Å². The van der Waals surface area contributed by atoms with E-state index in [0.29, 0.717) is 0 Å². The molecule has 0 N–H and O–H groups in total. The third-order valence-corrected chi connectivity index (χ3v) is 2.37. The highest BCUT2D eigenvalue weighted by Gasteiger charge is 2.12. The van der Waals surface area contributed by atoms with Crippen LogP contribution in [0.25, 0.3) is 0 Å². The lowest BCUT2D eigenvalue weighted by atomic mass is 9.96. The smallest absolute Gasteiger partial charge is 0.165 e. The van der Waals surface area contributed by atoms with E-state index >= 15 is 0 Å². The van der Waals surface area contributed by atoms with E-state index in [0.717, 1.165) is 24.7 Å². The van der Waals surface area contributed by atoms with Crippen LogP contribution in [0.4, 0.5) is 4.39 Å². The number of methoxy groups -OCH3 is 1. The van der Waals surface area contributed by atoms with Crippen molar-refractivity contribution in [1.29, 1.82) is 0 Å². The zero-order chi connectivity index (χ0) is 11.3. The van der Waals surface area contributed by atoms with E-state index in [9.17, 15) is 9.18 Å². The van der Waals surface area contributed by atoms with Crippen LogP contribution >= 0.6 is 0 Å². The number of ether oxygens (including phenoxy) is 1. The van der Waals surface area contributed by atoms with Crippen molar-refractivity contribution in [3.63, 3.8) is 0 Å². The molecular formula is C12H15FO2. The van der Waals surface area contributed by atoms with E-state index in [1.165, 1.54) is 13.2 Å². The Morgan fingerprint density at radius 3 is 2.80 bits per heavy atom. The molecule has 0 fully saturated rings. The maximum Gasteiger partial charge on any atom is 0.165 e. The molecule has 0 radical (unpaired) electrons. The van der Waals surface area contributed by atoms with Gasteiger partial charge in [-0.25, -0.2) is 4.39 Å². The molecule has 1 atom stereocenters. The molecule has 0 saturated heterocycles. The largest absolute Gasteiger partial charge is 0.494 e. The van der Waals surface area contributed by atoms with Crippen LogP contribution in [0.2, 0.25) is 0 Å². The Bertz CT molecular complexity index is 336. The molecule has 15 heavy (non-hydrogen) atoms. The van der Waals surface area contributed by atoms with Crippen LogP contribution < -0.4 is 4.74 Å². The van der Waals surface area contributed by atoms with E-state index in [1.54, 1.807) is 12.1 Å². The maximum absolute atomic E-state index is 13.1. The van der Waals surface area contributed by atoms with E-state index < -0.39 is 5.82 Å². The Labute approximate surface area is 89.1 Å². The van der Waals surface area contributed by atoms with Gasteiger partial charge < -0.3 is 9.53 Å². The number of aldehydes is 1. The first-order chi connectivity index (χ1) is 7.22. The van der Waals surface area contributed by atoms with Crippen LogP contribution in [-0.4, -0.2) is 13.4 Å². The number of halogens is 1. The van der Waals surface area contributed by atoms with E-state index in [2.05, 4.69) is 0 Å². The van der Waals surface area contributed by atoms with Gasteiger partial charge in [-0.2, -0.15) is 0 Å². The quantitative estimate of drug-likeness (QED) is 0.698. The summed E-state index contributed by atoms with van der Waals surface area (Å²) in [7, 11) is 1.41. The lowest BCUT2D eigenvalue weighted by Crippen LogP contribution is -2.01. The summed E-state index contributed by atoms with van der Waals surface area (Å²) in [5.74, 6) is -0.373. The molecule has 0 heterocycles. The zero-order valence-corrected chi connectivity index (χ0v) is 9.00. The second-order valence-corrected chi connectivity index (χ2v) is 3.43. The van der Waals surface area contributed by atoms with Gasteiger partial charge in [0.05, 0.1) is 7.11 Å². The Balaban J connectivity index is 2.97. The first kappa shape index (κ1) is 11.7. The van der Waals surface area contributed by atoms with Crippen LogP contribution in [0.5, 0.6) is 5.75 Å². The van der Waals surface area contributed by atoms with E-state index in [4.69, 9.17) is 4.74 Å². The summed E-state index contributed by atoms with van der Waals surface area (Å²) in [4.78, 5) is 10.8.